The monoisotopic (exact) mass is 201 g/mol. The van der Waals surface area contributed by atoms with Crippen LogP contribution in [-0.2, 0) is 9.47 Å². The van der Waals surface area contributed by atoms with E-state index in [4.69, 9.17) is 9.47 Å². The lowest BCUT2D eigenvalue weighted by Gasteiger charge is -2.48. The first-order valence-electron chi connectivity index (χ1n) is 5.20. The van der Waals surface area contributed by atoms with Crippen molar-refractivity contribution in [3.63, 3.8) is 0 Å². The lowest BCUT2D eigenvalue weighted by atomic mass is 10.1. The number of ether oxygens (including phenoxy) is 2. The SMILES string of the molecule is COC1(OC)CN(CC(O)C2CC2)C1. The third-order valence-corrected chi connectivity index (χ3v) is 3.28. The van der Waals surface area contributed by atoms with E-state index >= 15 is 0 Å². The quantitative estimate of drug-likeness (QED) is 0.639. The summed E-state index contributed by atoms with van der Waals surface area (Å²) in [6.45, 7) is 2.30. The summed E-state index contributed by atoms with van der Waals surface area (Å²) >= 11 is 0. The van der Waals surface area contributed by atoms with E-state index in [0.717, 1.165) is 19.6 Å². The van der Waals surface area contributed by atoms with Crippen molar-refractivity contribution in [2.75, 3.05) is 33.9 Å². The Bertz CT molecular complexity index is 191. The van der Waals surface area contributed by atoms with E-state index < -0.39 is 5.79 Å². The van der Waals surface area contributed by atoms with Crippen LogP contribution in [0.15, 0.2) is 0 Å². The average molecular weight is 201 g/mol. The van der Waals surface area contributed by atoms with E-state index in [1.54, 1.807) is 14.2 Å². The van der Waals surface area contributed by atoms with Crippen molar-refractivity contribution in [1.29, 1.82) is 0 Å². The van der Waals surface area contributed by atoms with Crippen LogP contribution in [0.3, 0.4) is 0 Å². The normalized spacial score (nSPS) is 28.5. The molecule has 1 aliphatic heterocycles. The topological polar surface area (TPSA) is 41.9 Å². The van der Waals surface area contributed by atoms with Crippen LogP contribution in [0, 0.1) is 5.92 Å². The number of nitrogens with zero attached hydrogens (tertiary/aromatic N) is 1. The van der Waals surface area contributed by atoms with Crippen LogP contribution in [0.25, 0.3) is 0 Å². The molecule has 2 aliphatic rings. The summed E-state index contributed by atoms with van der Waals surface area (Å²) in [5, 5.41) is 9.72. The molecule has 1 aliphatic carbocycles. The number of methoxy groups -OCH3 is 2. The predicted octanol–water partition coefficient (Wildman–Crippen LogP) is 0.0620. The Morgan fingerprint density at radius 3 is 2.36 bits per heavy atom. The van der Waals surface area contributed by atoms with Gasteiger partial charge in [-0.05, 0) is 18.8 Å². The predicted molar refractivity (Wildman–Crippen MR) is 51.9 cm³/mol. The van der Waals surface area contributed by atoms with Gasteiger partial charge in [0.15, 0.2) is 5.79 Å². The van der Waals surface area contributed by atoms with Crippen LogP contribution in [0.5, 0.6) is 0 Å². The van der Waals surface area contributed by atoms with E-state index in [-0.39, 0.29) is 6.10 Å². The summed E-state index contributed by atoms with van der Waals surface area (Å²) in [6, 6.07) is 0. The molecule has 0 aromatic rings. The maximum Gasteiger partial charge on any atom is 0.193 e. The highest BCUT2D eigenvalue weighted by Gasteiger charge is 2.45. The minimum Gasteiger partial charge on any atom is -0.392 e. The standard InChI is InChI=1S/C10H19NO3/c1-13-10(14-2)6-11(7-10)5-9(12)8-3-4-8/h8-9,12H,3-7H2,1-2H3. The second kappa shape index (κ2) is 3.77. The number of hydrogen-bond donors (Lipinski definition) is 1. The molecule has 0 spiro atoms. The van der Waals surface area contributed by atoms with Crippen LogP contribution in [0.2, 0.25) is 0 Å². The number of likely N-dealkylation sites (tertiary alicyclic amines) is 1. The Labute approximate surface area is 84.8 Å². The summed E-state index contributed by atoms with van der Waals surface area (Å²) in [7, 11) is 3.33. The van der Waals surface area contributed by atoms with Crippen molar-refractivity contribution < 1.29 is 14.6 Å². The van der Waals surface area contributed by atoms with Gasteiger partial charge in [0.05, 0.1) is 19.2 Å². The molecular weight excluding hydrogens is 182 g/mol. The maximum atomic E-state index is 9.72. The van der Waals surface area contributed by atoms with Gasteiger partial charge in [0.2, 0.25) is 0 Å². The van der Waals surface area contributed by atoms with Crippen LogP contribution < -0.4 is 0 Å². The van der Waals surface area contributed by atoms with Crippen LogP contribution in [-0.4, -0.2) is 55.8 Å². The lowest BCUT2D eigenvalue weighted by molar-refractivity contribution is -0.277. The molecular formula is C10H19NO3. The summed E-state index contributed by atoms with van der Waals surface area (Å²) in [6.07, 6.45) is 2.23. The molecule has 1 saturated carbocycles. The fraction of sp³-hybridized carbons (Fsp3) is 1.00. The Kier molecular flexibility index (Phi) is 2.79. The maximum absolute atomic E-state index is 9.72. The molecule has 2 fully saturated rings. The van der Waals surface area contributed by atoms with Crippen molar-refractivity contribution in [1.82, 2.24) is 4.90 Å². The first-order valence-corrected chi connectivity index (χ1v) is 5.20. The number of β-amino-alcohol motifs (C(OH)–C–C–N with tert-alkyl or cyclic N) is 1. The molecule has 1 atom stereocenters. The average Bonchev–Trinajstić information content (AvgIpc) is 2.93. The largest absolute Gasteiger partial charge is 0.392 e. The van der Waals surface area contributed by atoms with Gasteiger partial charge in [0.1, 0.15) is 0 Å². The molecule has 82 valence electrons. The van der Waals surface area contributed by atoms with Crippen LogP contribution >= 0.6 is 0 Å². The summed E-state index contributed by atoms with van der Waals surface area (Å²) < 4.78 is 10.5. The van der Waals surface area contributed by atoms with Gasteiger partial charge < -0.3 is 14.6 Å². The van der Waals surface area contributed by atoms with Gasteiger partial charge in [-0.15, -0.1) is 0 Å². The first kappa shape index (κ1) is 10.4. The van der Waals surface area contributed by atoms with Gasteiger partial charge in [0.25, 0.3) is 0 Å². The highest BCUT2D eigenvalue weighted by Crippen LogP contribution is 2.34. The molecule has 0 radical (unpaired) electrons. The van der Waals surface area contributed by atoms with Crippen molar-refractivity contribution in [3.8, 4) is 0 Å². The third-order valence-electron chi connectivity index (χ3n) is 3.28. The zero-order valence-corrected chi connectivity index (χ0v) is 8.90. The molecule has 0 bridgehead atoms. The number of aliphatic hydroxyl groups excluding tert-OH is 1. The molecule has 1 heterocycles. The summed E-state index contributed by atoms with van der Waals surface area (Å²) in [5.41, 5.74) is 0. The van der Waals surface area contributed by atoms with Crippen molar-refractivity contribution >= 4 is 0 Å². The summed E-state index contributed by atoms with van der Waals surface area (Å²) in [5.74, 6) is 0.138. The van der Waals surface area contributed by atoms with Crippen molar-refractivity contribution in [2.24, 2.45) is 5.92 Å². The van der Waals surface area contributed by atoms with Gasteiger partial charge in [-0.2, -0.15) is 0 Å². The van der Waals surface area contributed by atoms with E-state index in [2.05, 4.69) is 4.90 Å². The van der Waals surface area contributed by atoms with Crippen molar-refractivity contribution in [3.05, 3.63) is 0 Å². The molecule has 1 unspecified atom stereocenters. The van der Waals surface area contributed by atoms with E-state index in [1.165, 1.54) is 12.8 Å². The molecule has 2 rings (SSSR count). The minimum absolute atomic E-state index is 0.151. The molecule has 4 heteroatoms. The van der Waals surface area contributed by atoms with Gasteiger partial charge >= 0.3 is 0 Å². The second-order valence-corrected chi connectivity index (χ2v) is 4.39. The van der Waals surface area contributed by atoms with Crippen LogP contribution in [0.1, 0.15) is 12.8 Å². The Hall–Kier alpha value is -0.160. The minimum atomic E-state index is -0.413. The number of rotatable bonds is 5. The van der Waals surface area contributed by atoms with E-state index in [0.29, 0.717) is 5.92 Å². The molecule has 4 nitrogen and oxygen atoms in total. The lowest BCUT2D eigenvalue weighted by Crippen LogP contribution is -2.65. The zero-order chi connectivity index (χ0) is 10.2. The van der Waals surface area contributed by atoms with Gasteiger partial charge in [-0.3, -0.25) is 4.90 Å². The highest BCUT2D eigenvalue weighted by molar-refractivity contribution is 4.92. The van der Waals surface area contributed by atoms with Gasteiger partial charge in [0, 0.05) is 20.8 Å². The zero-order valence-electron chi connectivity index (χ0n) is 8.90. The van der Waals surface area contributed by atoms with Crippen LogP contribution in [0.4, 0.5) is 0 Å². The van der Waals surface area contributed by atoms with Crippen molar-refractivity contribution in [2.45, 2.75) is 24.7 Å². The second-order valence-electron chi connectivity index (χ2n) is 4.39. The Morgan fingerprint density at radius 1 is 1.36 bits per heavy atom. The summed E-state index contributed by atoms with van der Waals surface area (Å²) in [4.78, 5) is 2.18. The highest BCUT2D eigenvalue weighted by atomic mass is 16.7. The fourth-order valence-corrected chi connectivity index (χ4v) is 2.00. The number of aliphatic hydroxyl groups is 1. The van der Waals surface area contributed by atoms with Gasteiger partial charge in [-0.25, -0.2) is 0 Å². The Morgan fingerprint density at radius 2 is 1.93 bits per heavy atom. The Balaban J connectivity index is 1.71. The smallest absolute Gasteiger partial charge is 0.193 e. The molecule has 1 N–H and O–H groups in total. The molecule has 14 heavy (non-hydrogen) atoms. The number of hydrogen-bond acceptors (Lipinski definition) is 4. The van der Waals surface area contributed by atoms with Gasteiger partial charge in [-0.1, -0.05) is 0 Å². The first-order chi connectivity index (χ1) is 6.69. The third kappa shape index (κ3) is 1.93. The fourth-order valence-electron chi connectivity index (χ4n) is 2.00. The van der Waals surface area contributed by atoms with E-state index in [1.807, 2.05) is 0 Å². The molecule has 0 aromatic heterocycles. The molecule has 0 amide bonds. The molecule has 0 aromatic carbocycles. The molecule has 1 saturated heterocycles. The van der Waals surface area contributed by atoms with E-state index in [9.17, 15) is 5.11 Å².